The van der Waals surface area contributed by atoms with Crippen molar-refractivity contribution in [2.24, 2.45) is 0 Å². The van der Waals surface area contributed by atoms with Gasteiger partial charge >= 0.3 is 0 Å². The Morgan fingerprint density at radius 1 is 0.870 bits per heavy atom. The topological polar surface area (TPSA) is 83.0 Å². The van der Waals surface area contributed by atoms with Gasteiger partial charge in [0, 0.05) is 19.7 Å². The molecule has 2 aromatic rings. The minimum atomic E-state index is 0.162. The lowest BCUT2D eigenvalue weighted by Gasteiger charge is -2.08. The quantitative estimate of drug-likeness (QED) is 0.579. The lowest BCUT2D eigenvalue weighted by atomic mass is 10.1. The number of anilines is 2. The van der Waals surface area contributed by atoms with E-state index in [0.29, 0.717) is 18.4 Å². The molecule has 1 aromatic carbocycles. The van der Waals surface area contributed by atoms with Gasteiger partial charge in [0.05, 0.1) is 0 Å². The van der Waals surface area contributed by atoms with E-state index in [1.54, 1.807) is 0 Å². The maximum Gasteiger partial charge on any atom is 0.228 e. The minimum absolute atomic E-state index is 0.162. The van der Waals surface area contributed by atoms with Crippen LogP contribution in [0.25, 0.3) is 0 Å². The Bertz CT molecular complexity index is 582. The molecule has 0 aliphatic rings. The third kappa shape index (κ3) is 6.80. The number of rotatable bonds is 10. The van der Waals surface area contributed by atoms with Crippen LogP contribution in [-0.4, -0.2) is 39.8 Å². The van der Waals surface area contributed by atoms with Crippen LogP contribution < -0.4 is 10.6 Å². The second kappa shape index (κ2) is 9.97. The first-order valence-electron chi connectivity index (χ1n) is 7.82. The molecule has 23 heavy (non-hydrogen) atoms. The first kappa shape index (κ1) is 17.4. The van der Waals surface area contributed by atoms with Crippen molar-refractivity contribution >= 4 is 23.5 Å². The lowest BCUT2D eigenvalue weighted by molar-refractivity contribution is 0.286. The molecule has 0 saturated carbocycles. The Morgan fingerprint density at radius 3 is 2.17 bits per heavy atom. The van der Waals surface area contributed by atoms with Gasteiger partial charge in [-0.1, -0.05) is 30.3 Å². The van der Waals surface area contributed by atoms with Gasteiger partial charge in [0.25, 0.3) is 0 Å². The average molecular weight is 336 g/mol. The van der Waals surface area contributed by atoms with Crippen LogP contribution in [0, 0.1) is 0 Å². The van der Waals surface area contributed by atoms with Crippen molar-refractivity contribution in [2.45, 2.75) is 25.7 Å². The molecule has 2 rings (SSSR count). The van der Waals surface area contributed by atoms with Gasteiger partial charge in [-0.15, -0.1) is 0 Å². The van der Waals surface area contributed by atoms with E-state index in [0.717, 1.165) is 32.2 Å². The number of nitrogens with zero attached hydrogens (tertiary/aromatic N) is 3. The maximum atomic E-state index is 8.75. The molecule has 0 aliphatic carbocycles. The predicted octanol–water partition coefficient (Wildman–Crippen LogP) is 2.75. The van der Waals surface area contributed by atoms with Crippen molar-refractivity contribution in [3.8, 4) is 0 Å². The minimum Gasteiger partial charge on any atom is -0.396 e. The van der Waals surface area contributed by atoms with Gasteiger partial charge < -0.3 is 15.7 Å². The van der Waals surface area contributed by atoms with Crippen molar-refractivity contribution in [3.63, 3.8) is 0 Å². The molecule has 6 nitrogen and oxygen atoms in total. The normalized spacial score (nSPS) is 10.5. The highest BCUT2D eigenvalue weighted by Crippen LogP contribution is 2.10. The molecule has 1 heterocycles. The first-order valence-corrected chi connectivity index (χ1v) is 8.20. The van der Waals surface area contributed by atoms with Gasteiger partial charge in [-0.3, -0.25) is 0 Å². The number of halogens is 1. The standard InChI is InChI=1S/C16H22ClN5O/c17-14-20-15(18-10-4-5-12-23)22-16(21-14)19-11-6-9-13-7-2-1-3-8-13/h1-3,7-8,23H,4-6,9-12H2,(H2,18,19,20,21,22). The zero-order chi connectivity index (χ0) is 16.3. The van der Waals surface area contributed by atoms with E-state index in [1.807, 2.05) is 18.2 Å². The Labute approximate surface area is 141 Å². The number of aliphatic hydroxyl groups is 1. The number of aliphatic hydroxyl groups excluding tert-OH is 1. The molecule has 0 spiro atoms. The monoisotopic (exact) mass is 335 g/mol. The van der Waals surface area contributed by atoms with Crippen LogP contribution in [0.4, 0.5) is 11.9 Å². The highest BCUT2D eigenvalue weighted by Gasteiger charge is 2.04. The summed E-state index contributed by atoms with van der Waals surface area (Å²) in [6, 6.07) is 10.3. The van der Waals surface area contributed by atoms with Crippen LogP contribution in [0.1, 0.15) is 24.8 Å². The van der Waals surface area contributed by atoms with E-state index >= 15 is 0 Å². The number of hydrogen-bond donors (Lipinski definition) is 3. The van der Waals surface area contributed by atoms with E-state index in [4.69, 9.17) is 16.7 Å². The molecule has 0 amide bonds. The van der Waals surface area contributed by atoms with Crippen molar-refractivity contribution in [2.75, 3.05) is 30.3 Å². The molecular formula is C16H22ClN5O. The van der Waals surface area contributed by atoms with Gasteiger partial charge in [0.1, 0.15) is 0 Å². The van der Waals surface area contributed by atoms with Crippen molar-refractivity contribution in [1.29, 1.82) is 0 Å². The van der Waals surface area contributed by atoms with E-state index in [2.05, 4.69) is 37.7 Å². The zero-order valence-corrected chi connectivity index (χ0v) is 13.8. The van der Waals surface area contributed by atoms with Crippen molar-refractivity contribution in [3.05, 3.63) is 41.2 Å². The zero-order valence-electron chi connectivity index (χ0n) is 13.0. The van der Waals surface area contributed by atoms with Gasteiger partial charge in [0.2, 0.25) is 17.2 Å². The maximum absolute atomic E-state index is 8.75. The second-order valence-corrected chi connectivity index (χ2v) is 5.46. The molecule has 0 bridgehead atoms. The number of hydrogen-bond acceptors (Lipinski definition) is 6. The van der Waals surface area contributed by atoms with Crippen LogP contribution in [0.5, 0.6) is 0 Å². The number of aryl methyl sites for hydroxylation is 1. The number of benzene rings is 1. The molecule has 0 unspecified atom stereocenters. The molecule has 0 aliphatic heterocycles. The summed E-state index contributed by atoms with van der Waals surface area (Å²) in [5, 5.41) is 15.2. The van der Waals surface area contributed by atoms with Crippen molar-refractivity contribution < 1.29 is 5.11 Å². The fourth-order valence-corrected chi connectivity index (χ4v) is 2.24. The van der Waals surface area contributed by atoms with Gasteiger partial charge in [-0.25, -0.2) is 0 Å². The van der Waals surface area contributed by atoms with E-state index in [-0.39, 0.29) is 11.9 Å². The van der Waals surface area contributed by atoms with Crippen molar-refractivity contribution in [1.82, 2.24) is 15.0 Å². The Hall–Kier alpha value is -1.92. The van der Waals surface area contributed by atoms with Crippen LogP contribution >= 0.6 is 11.6 Å². The first-order chi connectivity index (χ1) is 11.3. The van der Waals surface area contributed by atoms with Gasteiger partial charge in [-0.05, 0) is 42.8 Å². The Morgan fingerprint density at radius 2 is 1.52 bits per heavy atom. The van der Waals surface area contributed by atoms with Crippen LogP contribution in [-0.2, 0) is 6.42 Å². The lowest BCUT2D eigenvalue weighted by Crippen LogP contribution is -2.11. The molecule has 124 valence electrons. The SMILES string of the molecule is OCCCCNc1nc(Cl)nc(NCCCc2ccccc2)n1. The summed E-state index contributed by atoms with van der Waals surface area (Å²) in [7, 11) is 0. The second-order valence-electron chi connectivity index (χ2n) is 5.13. The predicted molar refractivity (Wildman–Crippen MR) is 92.9 cm³/mol. The van der Waals surface area contributed by atoms with Gasteiger partial charge in [-0.2, -0.15) is 15.0 Å². The summed E-state index contributed by atoms with van der Waals surface area (Å²) >= 11 is 5.92. The molecule has 0 radical (unpaired) electrons. The van der Waals surface area contributed by atoms with Crippen LogP contribution in [0.2, 0.25) is 5.28 Å². The fourth-order valence-electron chi connectivity index (χ4n) is 2.08. The van der Waals surface area contributed by atoms with E-state index in [1.165, 1.54) is 5.56 Å². The fraction of sp³-hybridized carbons (Fsp3) is 0.438. The molecular weight excluding hydrogens is 314 g/mol. The van der Waals surface area contributed by atoms with Gasteiger partial charge in [0.15, 0.2) is 0 Å². The number of unbranched alkanes of at least 4 members (excludes halogenated alkanes) is 1. The summed E-state index contributed by atoms with van der Waals surface area (Å²) < 4.78 is 0. The van der Waals surface area contributed by atoms with Crippen LogP contribution in [0.3, 0.4) is 0 Å². The average Bonchev–Trinajstić information content (AvgIpc) is 2.56. The summed E-state index contributed by atoms with van der Waals surface area (Å²) in [5.41, 5.74) is 1.31. The largest absolute Gasteiger partial charge is 0.396 e. The number of nitrogens with one attached hydrogen (secondary N) is 2. The third-order valence-electron chi connectivity index (χ3n) is 3.24. The molecule has 0 fully saturated rings. The number of aromatic nitrogens is 3. The summed E-state index contributed by atoms with van der Waals surface area (Å²) in [6.45, 7) is 1.64. The third-order valence-corrected chi connectivity index (χ3v) is 3.41. The molecule has 7 heteroatoms. The molecule has 1 aromatic heterocycles. The van der Waals surface area contributed by atoms with Crippen LogP contribution in [0.15, 0.2) is 30.3 Å². The van der Waals surface area contributed by atoms with E-state index < -0.39 is 0 Å². The Kier molecular flexibility index (Phi) is 7.56. The Balaban J connectivity index is 1.76. The highest BCUT2D eigenvalue weighted by atomic mass is 35.5. The highest BCUT2D eigenvalue weighted by molar-refractivity contribution is 6.28. The summed E-state index contributed by atoms with van der Waals surface area (Å²) in [4.78, 5) is 12.4. The molecule has 0 atom stereocenters. The van der Waals surface area contributed by atoms with E-state index in [9.17, 15) is 0 Å². The smallest absolute Gasteiger partial charge is 0.228 e. The molecule has 0 saturated heterocycles. The summed E-state index contributed by atoms with van der Waals surface area (Å²) in [5.74, 6) is 0.927. The summed E-state index contributed by atoms with van der Waals surface area (Å²) in [6.07, 6.45) is 3.57. The molecule has 3 N–H and O–H groups in total.